The first-order chi connectivity index (χ1) is 11.8. The molecule has 0 bridgehead atoms. The molecule has 1 unspecified atom stereocenters. The normalized spacial score (nSPS) is 16.7. The second kappa shape index (κ2) is 5.77. The molecule has 24 heavy (non-hydrogen) atoms. The van der Waals surface area contributed by atoms with E-state index in [1.807, 2.05) is 12.1 Å². The highest BCUT2D eigenvalue weighted by atomic mass is 16.3. The first-order valence-corrected chi connectivity index (χ1v) is 7.66. The molecule has 4 rings (SSSR count). The fourth-order valence-corrected chi connectivity index (χ4v) is 2.93. The molecule has 5 nitrogen and oxygen atoms in total. The maximum absolute atomic E-state index is 12.8. The number of para-hydroxylation sites is 1. The minimum absolute atomic E-state index is 0.126. The summed E-state index contributed by atoms with van der Waals surface area (Å²) >= 11 is 0. The van der Waals surface area contributed by atoms with Crippen LogP contribution in [0.2, 0.25) is 0 Å². The molecule has 118 valence electrons. The van der Waals surface area contributed by atoms with Gasteiger partial charge in [0.25, 0.3) is 0 Å². The van der Waals surface area contributed by atoms with E-state index in [0.717, 1.165) is 0 Å². The third-order valence-corrected chi connectivity index (χ3v) is 4.18. The van der Waals surface area contributed by atoms with Crippen LogP contribution in [0.25, 0.3) is 11.0 Å². The number of ketones is 1. The van der Waals surface area contributed by atoms with Crippen molar-refractivity contribution in [3.05, 3.63) is 82.2 Å². The van der Waals surface area contributed by atoms with Gasteiger partial charge < -0.3 is 9.84 Å². The number of carbonyl (C=O) groups excluding carboxylic acids is 1. The third-order valence-electron chi connectivity index (χ3n) is 4.18. The van der Waals surface area contributed by atoms with E-state index in [2.05, 4.69) is 10.5 Å². The molecule has 1 aliphatic rings. The van der Waals surface area contributed by atoms with Crippen molar-refractivity contribution in [3.8, 4) is 0 Å². The van der Waals surface area contributed by atoms with Crippen LogP contribution in [-0.4, -0.2) is 18.0 Å². The van der Waals surface area contributed by atoms with Gasteiger partial charge >= 0.3 is 0 Å². The van der Waals surface area contributed by atoms with E-state index in [1.54, 1.807) is 42.5 Å². The zero-order valence-electron chi connectivity index (χ0n) is 12.7. The van der Waals surface area contributed by atoms with Crippen LogP contribution in [0.1, 0.15) is 21.8 Å². The van der Waals surface area contributed by atoms with Gasteiger partial charge in [0.2, 0.25) is 5.78 Å². The molecular weight excluding hydrogens is 304 g/mol. The second-order valence-corrected chi connectivity index (χ2v) is 5.62. The first-order valence-electron chi connectivity index (χ1n) is 7.66. The van der Waals surface area contributed by atoms with Crippen molar-refractivity contribution in [3.63, 3.8) is 0 Å². The number of hydrazone groups is 1. The number of carbonyl (C=O) groups is 1. The number of nitrogens with one attached hydrogen (secondary N) is 1. The lowest BCUT2D eigenvalue weighted by molar-refractivity contribution is 0.106. The van der Waals surface area contributed by atoms with Gasteiger partial charge in [-0.2, -0.15) is 5.10 Å². The summed E-state index contributed by atoms with van der Waals surface area (Å²) in [6.07, 6.45) is 1.44. The second-order valence-electron chi connectivity index (χ2n) is 5.62. The van der Waals surface area contributed by atoms with E-state index < -0.39 is 5.92 Å². The van der Waals surface area contributed by atoms with Gasteiger partial charge in [-0.15, -0.1) is 0 Å². The Morgan fingerprint density at radius 1 is 1.08 bits per heavy atom. The molecule has 0 radical (unpaired) electrons. The molecule has 2 heterocycles. The molecular formula is C19H14N2O3. The Kier molecular flexibility index (Phi) is 3.46. The molecule has 3 aromatic rings. The Bertz CT molecular complexity index is 1010. The zero-order valence-corrected chi connectivity index (χ0v) is 12.7. The number of rotatable bonds is 3. The summed E-state index contributed by atoms with van der Waals surface area (Å²) in [5.74, 6) is -0.600. The lowest BCUT2D eigenvalue weighted by Crippen LogP contribution is -2.26. The number of nitrogens with zero attached hydrogens (tertiary/aromatic N) is 1. The minimum atomic E-state index is -0.418. The van der Waals surface area contributed by atoms with Gasteiger partial charge in [0.1, 0.15) is 11.3 Å². The Balaban J connectivity index is 1.77. The smallest absolute Gasteiger partial charge is 0.209 e. The Hall–Kier alpha value is -3.21. The van der Waals surface area contributed by atoms with Crippen molar-refractivity contribution in [2.24, 2.45) is 5.10 Å². The predicted molar refractivity (Wildman–Crippen MR) is 91.4 cm³/mol. The number of fused-ring (bicyclic) bond motifs is 1. The fraction of sp³-hybridized carbons (Fsp3) is 0.105. The molecule has 1 N–H and O–H groups in total. The van der Waals surface area contributed by atoms with Gasteiger partial charge in [-0.3, -0.25) is 9.59 Å². The number of benzene rings is 2. The summed E-state index contributed by atoms with van der Waals surface area (Å²) in [6, 6.07) is 16.0. The van der Waals surface area contributed by atoms with E-state index in [-0.39, 0.29) is 11.2 Å². The molecule has 5 heteroatoms. The minimum Gasteiger partial charge on any atom is -0.464 e. The molecule has 0 saturated heterocycles. The molecule has 1 aliphatic heterocycles. The predicted octanol–water partition coefficient (Wildman–Crippen LogP) is 2.72. The highest BCUT2D eigenvalue weighted by Gasteiger charge is 2.32. The van der Waals surface area contributed by atoms with Crippen LogP contribution in [0.4, 0.5) is 0 Å². The van der Waals surface area contributed by atoms with E-state index in [1.165, 1.54) is 6.26 Å². The molecule has 0 amide bonds. The van der Waals surface area contributed by atoms with E-state index >= 15 is 0 Å². The van der Waals surface area contributed by atoms with Crippen LogP contribution in [0.5, 0.6) is 0 Å². The van der Waals surface area contributed by atoms with Crippen molar-refractivity contribution >= 4 is 22.5 Å². The van der Waals surface area contributed by atoms with Crippen LogP contribution in [-0.2, 0) is 0 Å². The zero-order chi connectivity index (χ0) is 16.5. The summed E-state index contributed by atoms with van der Waals surface area (Å²) in [5.41, 5.74) is 4.57. The first kappa shape index (κ1) is 14.4. The van der Waals surface area contributed by atoms with Crippen molar-refractivity contribution in [2.75, 3.05) is 6.54 Å². The highest BCUT2D eigenvalue weighted by Crippen LogP contribution is 2.22. The average molecular weight is 318 g/mol. The molecule has 0 fully saturated rings. The summed E-state index contributed by atoms with van der Waals surface area (Å²) in [6.45, 7) is 0.400. The summed E-state index contributed by atoms with van der Waals surface area (Å²) in [7, 11) is 0. The highest BCUT2D eigenvalue weighted by molar-refractivity contribution is 6.48. The summed E-state index contributed by atoms with van der Waals surface area (Å²) in [5, 5.41) is 4.64. The SMILES string of the molecule is O=C(C1=NNCC1c1coc2ccccc2c1=O)c1ccccc1. The van der Waals surface area contributed by atoms with Crippen LogP contribution in [0, 0.1) is 0 Å². The van der Waals surface area contributed by atoms with E-state index in [0.29, 0.717) is 34.4 Å². The average Bonchev–Trinajstić information content (AvgIpc) is 3.12. The Morgan fingerprint density at radius 3 is 2.67 bits per heavy atom. The molecule has 1 aromatic heterocycles. The van der Waals surface area contributed by atoms with Gasteiger partial charge in [-0.25, -0.2) is 0 Å². The van der Waals surface area contributed by atoms with Crippen molar-refractivity contribution in [2.45, 2.75) is 5.92 Å². The van der Waals surface area contributed by atoms with Gasteiger partial charge in [-0.05, 0) is 12.1 Å². The van der Waals surface area contributed by atoms with Crippen LogP contribution < -0.4 is 10.9 Å². The topological polar surface area (TPSA) is 71.7 Å². The monoisotopic (exact) mass is 318 g/mol. The number of hydrogen-bond acceptors (Lipinski definition) is 5. The summed E-state index contributed by atoms with van der Waals surface area (Å²) < 4.78 is 5.58. The van der Waals surface area contributed by atoms with E-state index in [9.17, 15) is 9.59 Å². The van der Waals surface area contributed by atoms with Crippen molar-refractivity contribution < 1.29 is 9.21 Å². The fourth-order valence-electron chi connectivity index (χ4n) is 2.93. The lowest BCUT2D eigenvalue weighted by Gasteiger charge is -2.11. The van der Waals surface area contributed by atoms with Crippen molar-refractivity contribution in [1.29, 1.82) is 0 Å². The van der Waals surface area contributed by atoms with Crippen LogP contribution in [0.15, 0.2) is 75.2 Å². The van der Waals surface area contributed by atoms with E-state index in [4.69, 9.17) is 4.42 Å². The molecule has 0 spiro atoms. The number of hydrogen-bond donors (Lipinski definition) is 1. The van der Waals surface area contributed by atoms with Gasteiger partial charge in [-0.1, -0.05) is 42.5 Å². The van der Waals surface area contributed by atoms with Gasteiger partial charge in [0.15, 0.2) is 5.43 Å². The van der Waals surface area contributed by atoms with Crippen molar-refractivity contribution in [1.82, 2.24) is 5.43 Å². The quantitative estimate of drug-likeness (QED) is 0.754. The van der Waals surface area contributed by atoms with Crippen LogP contribution >= 0.6 is 0 Å². The molecule has 2 aromatic carbocycles. The largest absolute Gasteiger partial charge is 0.464 e. The maximum atomic E-state index is 12.8. The van der Waals surface area contributed by atoms with Gasteiger partial charge in [0, 0.05) is 17.7 Å². The molecule has 0 saturated carbocycles. The van der Waals surface area contributed by atoms with Crippen LogP contribution in [0.3, 0.4) is 0 Å². The standard InChI is InChI=1S/C19H14N2O3/c22-18(12-6-2-1-3-7-12)17-14(10-20-21-17)15-11-24-16-9-5-4-8-13(16)19(15)23/h1-9,11,14,20H,10H2. The third kappa shape index (κ3) is 2.31. The maximum Gasteiger partial charge on any atom is 0.209 e. The number of Topliss-reactive ketones (excluding diaryl/α,β-unsaturated/α-hetero) is 1. The Morgan fingerprint density at radius 2 is 1.83 bits per heavy atom. The lowest BCUT2D eigenvalue weighted by atomic mass is 9.90. The van der Waals surface area contributed by atoms with Gasteiger partial charge in [0.05, 0.1) is 17.6 Å². The molecule has 0 aliphatic carbocycles. The Labute approximate surface area is 137 Å². The molecule has 1 atom stereocenters. The summed E-state index contributed by atoms with van der Waals surface area (Å²) in [4.78, 5) is 25.5.